The number of nitrogens with zero attached hydrogens (tertiary/aromatic N) is 3. The van der Waals surface area contributed by atoms with Crippen LogP contribution in [0.1, 0.15) is 11.9 Å². The van der Waals surface area contributed by atoms with Gasteiger partial charge in [-0.05, 0) is 0 Å². The highest BCUT2D eigenvalue weighted by Crippen LogP contribution is 2.32. The summed E-state index contributed by atoms with van der Waals surface area (Å²) in [4.78, 5) is 14.8. The third-order valence-corrected chi connectivity index (χ3v) is 3.15. The maximum Gasteiger partial charge on any atom is 0.183 e. The smallest absolute Gasteiger partial charge is 0.183 e. The summed E-state index contributed by atoms with van der Waals surface area (Å²) in [5, 5.41) is 28.6. The van der Waals surface area contributed by atoms with E-state index in [0.29, 0.717) is 11.2 Å². The molecule has 3 rings (SSSR count). The van der Waals surface area contributed by atoms with Crippen LogP contribution in [0.25, 0.3) is 11.2 Å². The third-order valence-electron chi connectivity index (χ3n) is 3.15. The van der Waals surface area contributed by atoms with Gasteiger partial charge in [0.25, 0.3) is 0 Å². The molecule has 19 heavy (non-hydrogen) atoms. The molecule has 9 nitrogen and oxygen atoms in total. The molecule has 0 spiro atoms. The molecule has 0 bridgehead atoms. The molecule has 0 radical (unpaired) electrons. The van der Waals surface area contributed by atoms with Crippen LogP contribution in [0.15, 0.2) is 6.33 Å². The average molecular weight is 267 g/mol. The number of aromatic amines is 1. The van der Waals surface area contributed by atoms with Gasteiger partial charge >= 0.3 is 0 Å². The number of ether oxygens (including phenoxy) is 1. The van der Waals surface area contributed by atoms with Gasteiger partial charge in [-0.2, -0.15) is 0 Å². The Labute approximate surface area is 107 Å². The van der Waals surface area contributed by atoms with Crippen molar-refractivity contribution >= 4 is 17.0 Å². The number of aliphatic hydroxyl groups is 3. The van der Waals surface area contributed by atoms with Gasteiger partial charge in [0, 0.05) is 0 Å². The monoisotopic (exact) mass is 267 g/mol. The van der Waals surface area contributed by atoms with Crippen LogP contribution < -0.4 is 5.73 Å². The van der Waals surface area contributed by atoms with Crippen LogP contribution in [-0.2, 0) is 4.74 Å². The Balaban J connectivity index is 1.99. The van der Waals surface area contributed by atoms with E-state index in [1.165, 1.54) is 6.33 Å². The molecular weight excluding hydrogens is 254 g/mol. The topological polar surface area (TPSA) is 150 Å². The molecule has 1 aliphatic rings. The molecule has 0 aromatic carbocycles. The van der Waals surface area contributed by atoms with Crippen molar-refractivity contribution in [3.63, 3.8) is 0 Å². The van der Waals surface area contributed by atoms with E-state index >= 15 is 0 Å². The molecule has 0 unspecified atom stereocenters. The first-order chi connectivity index (χ1) is 9.11. The fourth-order valence-electron chi connectivity index (χ4n) is 2.12. The second-order valence-corrected chi connectivity index (χ2v) is 4.34. The SMILES string of the molecule is Nc1ncnc2nc([C@@H]3O[C@H](CO)[C@@H](O)[C@@H]3O)[nH]c12. The molecule has 3 heterocycles. The van der Waals surface area contributed by atoms with Crippen molar-refractivity contribution in [3.05, 3.63) is 12.2 Å². The summed E-state index contributed by atoms with van der Waals surface area (Å²) >= 11 is 0. The van der Waals surface area contributed by atoms with E-state index in [1.54, 1.807) is 0 Å². The predicted octanol–water partition coefficient (Wildman–Crippen LogP) is -1.91. The van der Waals surface area contributed by atoms with Gasteiger partial charge in [-0.3, -0.25) is 0 Å². The van der Waals surface area contributed by atoms with Crippen LogP contribution in [-0.4, -0.2) is 60.2 Å². The van der Waals surface area contributed by atoms with Crippen LogP contribution in [0.2, 0.25) is 0 Å². The number of aliphatic hydroxyl groups excluding tert-OH is 3. The summed E-state index contributed by atoms with van der Waals surface area (Å²) in [5.74, 6) is 0.514. The number of anilines is 1. The largest absolute Gasteiger partial charge is 0.394 e. The van der Waals surface area contributed by atoms with Gasteiger partial charge in [0.05, 0.1) is 6.61 Å². The maximum absolute atomic E-state index is 9.89. The van der Waals surface area contributed by atoms with Crippen LogP contribution in [0, 0.1) is 0 Å². The quantitative estimate of drug-likeness (QED) is 0.423. The summed E-state index contributed by atoms with van der Waals surface area (Å²) in [6.45, 7) is -0.392. The highest BCUT2D eigenvalue weighted by atomic mass is 16.6. The van der Waals surface area contributed by atoms with E-state index in [9.17, 15) is 10.2 Å². The normalized spacial score (nSPS) is 31.1. The van der Waals surface area contributed by atoms with Gasteiger partial charge in [-0.1, -0.05) is 0 Å². The van der Waals surface area contributed by atoms with Crippen LogP contribution >= 0.6 is 0 Å². The number of fused-ring (bicyclic) bond motifs is 1. The average Bonchev–Trinajstić information content (AvgIpc) is 2.94. The highest BCUT2D eigenvalue weighted by Gasteiger charge is 2.44. The molecule has 9 heteroatoms. The Hall–Kier alpha value is -1.81. The molecule has 2 aromatic heterocycles. The zero-order chi connectivity index (χ0) is 13.6. The summed E-state index contributed by atoms with van der Waals surface area (Å²) in [6.07, 6.45) is -2.81. The number of H-pyrrole nitrogens is 1. The second kappa shape index (κ2) is 4.38. The fourth-order valence-corrected chi connectivity index (χ4v) is 2.12. The lowest BCUT2D eigenvalue weighted by molar-refractivity contribution is -0.0249. The molecule has 1 saturated heterocycles. The number of nitrogens with one attached hydrogen (secondary N) is 1. The minimum atomic E-state index is -1.19. The Morgan fingerprint density at radius 1 is 1.32 bits per heavy atom. The zero-order valence-electron chi connectivity index (χ0n) is 9.76. The van der Waals surface area contributed by atoms with Crippen LogP contribution in [0.4, 0.5) is 5.82 Å². The van der Waals surface area contributed by atoms with Crippen molar-refractivity contribution in [3.8, 4) is 0 Å². The number of rotatable bonds is 2. The molecule has 0 aliphatic carbocycles. The summed E-state index contributed by atoms with van der Waals surface area (Å²) in [7, 11) is 0. The maximum atomic E-state index is 9.89. The van der Waals surface area contributed by atoms with E-state index in [2.05, 4.69) is 19.9 Å². The lowest BCUT2D eigenvalue weighted by atomic mass is 10.1. The number of aromatic nitrogens is 4. The molecule has 1 aliphatic heterocycles. The standard InChI is InChI=1S/C10H13N5O4/c11-8-4-9(13-2-12-8)15-10(14-4)7-6(18)5(17)3(1-16)19-7/h2-3,5-7,16-18H,1H2,(H3,11,12,13,14,15)/t3-,5-,6+,7-/m1/s1. The Kier molecular flexibility index (Phi) is 2.82. The number of imidazole rings is 1. The molecule has 2 aromatic rings. The van der Waals surface area contributed by atoms with Crippen molar-refractivity contribution in [1.82, 2.24) is 19.9 Å². The summed E-state index contributed by atoms with van der Waals surface area (Å²) in [5.41, 5.74) is 6.46. The highest BCUT2D eigenvalue weighted by molar-refractivity contribution is 5.81. The number of nitrogen functional groups attached to an aromatic ring is 1. The first-order valence-corrected chi connectivity index (χ1v) is 5.70. The second-order valence-electron chi connectivity index (χ2n) is 4.34. The minimum absolute atomic E-state index is 0.232. The number of hydrogen-bond acceptors (Lipinski definition) is 8. The lowest BCUT2D eigenvalue weighted by Gasteiger charge is -2.11. The predicted molar refractivity (Wildman–Crippen MR) is 62.8 cm³/mol. The van der Waals surface area contributed by atoms with Crippen LogP contribution in [0.3, 0.4) is 0 Å². The van der Waals surface area contributed by atoms with Crippen molar-refractivity contribution in [1.29, 1.82) is 0 Å². The molecule has 0 saturated carbocycles. The molecular formula is C10H13N5O4. The number of nitrogens with two attached hydrogens (primary N) is 1. The third kappa shape index (κ3) is 1.83. The first-order valence-electron chi connectivity index (χ1n) is 5.70. The Morgan fingerprint density at radius 3 is 2.74 bits per heavy atom. The van der Waals surface area contributed by atoms with Gasteiger partial charge in [0.2, 0.25) is 0 Å². The number of hydrogen-bond donors (Lipinski definition) is 5. The Morgan fingerprint density at radius 2 is 2.11 bits per heavy atom. The molecule has 6 N–H and O–H groups in total. The van der Waals surface area contributed by atoms with E-state index in [4.69, 9.17) is 15.6 Å². The summed E-state index contributed by atoms with van der Waals surface area (Å²) < 4.78 is 5.36. The van der Waals surface area contributed by atoms with E-state index in [-0.39, 0.29) is 11.6 Å². The van der Waals surface area contributed by atoms with Gasteiger partial charge in [0.15, 0.2) is 11.5 Å². The van der Waals surface area contributed by atoms with E-state index in [1.807, 2.05) is 0 Å². The van der Waals surface area contributed by atoms with Gasteiger partial charge < -0.3 is 30.8 Å². The van der Waals surface area contributed by atoms with Crippen molar-refractivity contribution in [2.24, 2.45) is 0 Å². The summed E-state index contributed by atoms with van der Waals surface area (Å²) in [6, 6.07) is 0. The van der Waals surface area contributed by atoms with Crippen molar-refractivity contribution in [2.45, 2.75) is 24.4 Å². The molecule has 1 fully saturated rings. The van der Waals surface area contributed by atoms with Crippen LogP contribution in [0.5, 0.6) is 0 Å². The first kappa shape index (κ1) is 12.2. The van der Waals surface area contributed by atoms with Crippen molar-refractivity contribution < 1.29 is 20.1 Å². The van der Waals surface area contributed by atoms with E-state index in [0.717, 1.165) is 0 Å². The molecule has 102 valence electrons. The lowest BCUT2D eigenvalue weighted by Crippen LogP contribution is -2.32. The van der Waals surface area contributed by atoms with Gasteiger partial charge in [0.1, 0.15) is 42.1 Å². The van der Waals surface area contributed by atoms with E-state index < -0.39 is 31.0 Å². The minimum Gasteiger partial charge on any atom is -0.394 e. The fraction of sp³-hybridized carbons (Fsp3) is 0.500. The Bertz CT molecular complexity index is 603. The zero-order valence-corrected chi connectivity index (χ0v) is 9.76. The van der Waals surface area contributed by atoms with Gasteiger partial charge in [-0.15, -0.1) is 0 Å². The van der Waals surface area contributed by atoms with Crippen molar-refractivity contribution in [2.75, 3.05) is 12.3 Å². The molecule has 0 amide bonds. The molecule has 4 atom stereocenters. The van der Waals surface area contributed by atoms with Gasteiger partial charge in [-0.25, -0.2) is 15.0 Å².